The van der Waals surface area contributed by atoms with E-state index in [4.69, 9.17) is 23.2 Å². The molecule has 1 aromatic carbocycles. The molecule has 2 aliphatic rings. The van der Waals surface area contributed by atoms with Crippen LogP contribution in [0, 0.1) is 0 Å². The van der Waals surface area contributed by atoms with Gasteiger partial charge >= 0.3 is 0 Å². The van der Waals surface area contributed by atoms with Gasteiger partial charge in [-0.2, -0.15) is 0 Å². The summed E-state index contributed by atoms with van der Waals surface area (Å²) in [5, 5.41) is 1.18. The van der Waals surface area contributed by atoms with Crippen LogP contribution >= 0.6 is 23.2 Å². The number of carbonyl (C=O) groups is 1. The number of allylic oxidation sites excluding steroid dienone is 1. The molecule has 136 valence electrons. The Kier molecular flexibility index (Phi) is 6.08. The second-order valence-corrected chi connectivity index (χ2v) is 7.92. The molecule has 2 heterocycles. The van der Waals surface area contributed by atoms with Crippen molar-refractivity contribution in [3.63, 3.8) is 0 Å². The van der Waals surface area contributed by atoms with Crippen LogP contribution in [0.2, 0.25) is 10.0 Å². The molecule has 0 saturated carbocycles. The van der Waals surface area contributed by atoms with Crippen LogP contribution in [0.3, 0.4) is 0 Å². The minimum atomic E-state index is 0.317. The highest BCUT2D eigenvalue weighted by molar-refractivity contribution is 6.42. The first-order valence-corrected chi connectivity index (χ1v) is 9.91. The van der Waals surface area contributed by atoms with Crippen molar-refractivity contribution in [3.8, 4) is 0 Å². The number of hydrogen-bond donors (Lipinski definition) is 0. The van der Waals surface area contributed by atoms with Crippen molar-refractivity contribution < 1.29 is 4.79 Å². The molecule has 25 heavy (non-hydrogen) atoms. The molecule has 2 bridgehead atoms. The topological polar surface area (TPSA) is 23.6 Å². The van der Waals surface area contributed by atoms with Gasteiger partial charge in [-0.3, -0.25) is 9.69 Å². The Morgan fingerprint density at radius 3 is 2.68 bits per heavy atom. The van der Waals surface area contributed by atoms with E-state index in [9.17, 15) is 4.79 Å². The lowest BCUT2D eigenvalue weighted by Gasteiger charge is -2.28. The molecule has 2 fully saturated rings. The Bertz CT molecular complexity index is 674. The molecule has 3 nitrogen and oxygen atoms in total. The molecule has 0 radical (unpaired) electrons. The lowest BCUT2D eigenvalue weighted by atomic mass is 10.1. The van der Waals surface area contributed by atoms with Crippen LogP contribution in [-0.4, -0.2) is 47.4 Å². The SMILES string of the molecule is CCC(=O)N1C2CCC1CN(CC=C(C)c1ccc(Cl)c(Cl)c1)CC2. The van der Waals surface area contributed by atoms with Gasteiger partial charge in [0.05, 0.1) is 10.0 Å². The monoisotopic (exact) mass is 380 g/mol. The maximum Gasteiger partial charge on any atom is 0.222 e. The Hall–Kier alpha value is -1.03. The van der Waals surface area contributed by atoms with Crippen LogP contribution in [0.25, 0.3) is 5.57 Å². The maximum atomic E-state index is 12.3. The molecule has 2 saturated heterocycles. The van der Waals surface area contributed by atoms with Crippen molar-refractivity contribution in [3.05, 3.63) is 39.9 Å². The van der Waals surface area contributed by atoms with Crippen molar-refractivity contribution in [2.24, 2.45) is 0 Å². The fourth-order valence-electron chi connectivity index (χ4n) is 4.03. The number of hydrogen-bond acceptors (Lipinski definition) is 2. The number of halogens is 2. The lowest BCUT2D eigenvalue weighted by Crippen LogP contribution is -2.42. The van der Waals surface area contributed by atoms with E-state index in [2.05, 4.69) is 22.8 Å². The van der Waals surface area contributed by atoms with Crippen molar-refractivity contribution in [2.75, 3.05) is 19.6 Å². The number of likely N-dealkylation sites (tertiary alicyclic amines) is 1. The third kappa shape index (κ3) is 4.21. The fourth-order valence-corrected chi connectivity index (χ4v) is 4.32. The normalized spacial score (nSPS) is 24.5. The standard InChI is InChI=1S/C20H26Cl2N2O/c1-3-20(25)24-16-5-6-17(24)13-23(11-9-16)10-8-14(2)15-4-7-18(21)19(22)12-15/h4,7-8,12,16-17H,3,5-6,9-11,13H2,1-2H3. The number of amides is 1. The molecule has 2 atom stereocenters. The molecule has 3 rings (SSSR count). The van der Waals surface area contributed by atoms with Gasteiger partial charge in [0.25, 0.3) is 0 Å². The van der Waals surface area contributed by atoms with Gasteiger partial charge in [0, 0.05) is 38.1 Å². The summed E-state index contributed by atoms with van der Waals surface area (Å²) in [6.07, 6.45) is 6.26. The van der Waals surface area contributed by atoms with Crippen LogP contribution in [0.1, 0.15) is 45.1 Å². The highest BCUT2D eigenvalue weighted by atomic mass is 35.5. The Morgan fingerprint density at radius 1 is 1.20 bits per heavy atom. The van der Waals surface area contributed by atoms with Crippen molar-refractivity contribution in [1.82, 2.24) is 9.80 Å². The summed E-state index contributed by atoms with van der Waals surface area (Å²) in [6.45, 7) is 7.01. The summed E-state index contributed by atoms with van der Waals surface area (Å²) >= 11 is 12.1. The smallest absolute Gasteiger partial charge is 0.222 e. The zero-order chi connectivity index (χ0) is 18.0. The summed E-state index contributed by atoms with van der Waals surface area (Å²) in [4.78, 5) is 16.9. The van der Waals surface area contributed by atoms with Crippen LogP contribution < -0.4 is 0 Å². The molecule has 0 spiro atoms. The van der Waals surface area contributed by atoms with Gasteiger partial charge in [-0.15, -0.1) is 0 Å². The lowest BCUT2D eigenvalue weighted by molar-refractivity contribution is -0.133. The van der Waals surface area contributed by atoms with Crippen molar-refractivity contribution in [1.29, 1.82) is 0 Å². The first-order valence-electron chi connectivity index (χ1n) is 9.15. The summed E-state index contributed by atoms with van der Waals surface area (Å²) in [6, 6.07) is 6.60. The van der Waals surface area contributed by atoms with E-state index < -0.39 is 0 Å². The van der Waals surface area contributed by atoms with E-state index in [-0.39, 0.29) is 0 Å². The number of carbonyl (C=O) groups excluding carboxylic acids is 1. The second kappa shape index (κ2) is 8.11. The van der Waals surface area contributed by atoms with E-state index in [1.807, 2.05) is 25.1 Å². The number of benzene rings is 1. The zero-order valence-electron chi connectivity index (χ0n) is 15.0. The first kappa shape index (κ1) is 18.8. The van der Waals surface area contributed by atoms with E-state index >= 15 is 0 Å². The number of nitrogens with zero attached hydrogens (tertiary/aromatic N) is 2. The Balaban J connectivity index is 1.65. The molecule has 1 amide bonds. The van der Waals surface area contributed by atoms with Crippen molar-refractivity contribution in [2.45, 2.75) is 51.6 Å². The zero-order valence-corrected chi connectivity index (χ0v) is 16.5. The Morgan fingerprint density at radius 2 is 1.96 bits per heavy atom. The van der Waals surface area contributed by atoms with E-state index in [0.29, 0.717) is 34.5 Å². The fraction of sp³-hybridized carbons (Fsp3) is 0.550. The second-order valence-electron chi connectivity index (χ2n) is 7.10. The van der Waals surface area contributed by atoms with Gasteiger partial charge in [0.2, 0.25) is 5.91 Å². The summed E-state index contributed by atoms with van der Waals surface area (Å²) in [7, 11) is 0. The van der Waals surface area contributed by atoms with Gasteiger partial charge in [-0.1, -0.05) is 42.3 Å². The molecule has 0 aromatic heterocycles. The van der Waals surface area contributed by atoms with Crippen LogP contribution in [-0.2, 0) is 4.79 Å². The van der Waals surface area contributed by atoms with E-state index in [0.717, 1.165) is 38.0 Å². The van der Waals surface area contributed by atoms with Crippen LogP contribution in [0.5, 0.6) is 0 Å². The average Bonchev–Trinajstić information content (AvgIpc) is 2.90. The summed E-state index contributed by atoms with van der Waals surface area (Å²) < 4.78 is 0. The predicted octanol–water partition coefficient (Wildman–Crippen LogP) is 4.87. The average molecular weight is 381 g/mol. The molecule has 2 aliphatic heterocycles. The number of rotatable bonds is 4. The van der Waals surface area contributed by atoms with Crippen molar-refractivity contribution >= 4 is 34.7 Å². The van der Waals surface area contributed by atoms with E-state index in [1.54, 1.807) is 0 Å². The molecule has 2 unspecified atom stereocenters. The number of fused-ring (bicyclic) bond motifs is 2. The maximum absolute atomic E-state index is 12.3. The highest BCUT2D eigenvalue weighted by Gasteiger charge is 2.38. The quantitative estimate of drug-likeness (QED) is 0.743. The largest absolute Gasteiger partial charge is 0.335 e. The van der Waals surface area contributed by atoms with Gasteiger partial charge in [0.15, 0.2) is 0 Å². The summed E-state index contributed by atoms with van der Waals surface area (Å²) in [5.74, 6) is 0.317. The van der Waals surface area contributed by atoms with Gasteiger partial charge in [-0.05, 0) is 49.5 Å². The van der Waals surface area contributed by atoms with E-state index in [1.165, 1.54) is 12.0 Å². The van der Waals surface area contributed by atoms with Crippen LogP contribution in [0.15, 0.2) is 24.3 Å². The molecule has 0 aliphatic carbocycles. The third-order valence-corrected chi connectivity index (χ3v) is 6.23. The van der Waals surface area contributed by atoms with Gasteiger partial charge < -0.3 is 4.90 Å². The summed E-state index contributed by atoms with van der Waals surface area (Å²) in [5.41, 5.74) is 2.31. The minimum absolute atomic E-state index is 0.317. The molecule has 5 heteroatoms. The molecular weight excluding hydrogens is 355 g/mol. The Labute approximate surface area is 160 Å². The minimum Gasteiger partial charge on any atom is -0.335 e. The van der Waals surface area contributed by atoms with Gasteiger partial charge in [-0.25, -0.2) is 0 Å². The first-order chi connectivity index (χ1) is 12.0. The van der Waals surface area contributed by atoms with Crippen LogP contribution in [0.4, 0.5) is 0 Å². The predicted molar refractivity (Wildman–Crippen MR) is 105 cm³/mol. The molecular formula is C20H26Cl2N2O. The van der Waals surface area contributed by atoms with Gasteiger partial charge in [0.1, 0.15) is 0 Å². The highest BCUT2D eigenvalue weighted by Crippen LogP contribution is 2.31. The third-order valence-electron chi connectivity index (χ3n) is 5.49. The molecule has 1 aromatic rings. The molecule has 0 N–H and O–H groups in total.